The van der Waals surface area contributed by atoms with Crippen molar-refractivity contribution in [2.24, 2.45) is 0 Å². The Bertz CT molecular complexity index is 243. The predicted octanol–water partition coefficient (Wildman–Crippen LogP) is 2.57. The van der Waals surface area contributed by atoms with Crippen LogP contribution in [0.4, 0.5) is 0 Å². The van der Waals surface area contributed by atoms with Gasteiger partial charge >= 0.3 is 0 Å². The van der Waals surface area contributed by atoms with Gasteiger partial charge in [0.2, 0.25) is 0 Å². The van der Waals surface area contributed by atoms with Crippen molar-refractivity contribution in [3.63, 3.8) is 0 Å². The monoisotopic (exact) mass is 255 g/mol. The summed E-state index contributed by atoms with van der Waals surface area (Å²) >= 11 is 0. The van der Waals surface area contributed by atoms with Gasteiger partial charge in [-0.1, -0.05) is 6.42 Å². The molecule has 3 heteroatoms. The van der Waals surface area contributed by atoms with Crippen molar-refractivity contribution in [3.05, 3.63) is 0 Å². The molecule has 3 nitrogen and oxygen atoms in total. The standard InChI is InChI=1S/C15H29NO2/c1-15(2,16-10-4-3-5-11-16)14(17)9-8-13-7-6-12-18-13/h13-14,17H,3-12H2,1-2H3. The molecule has 0 saturated carbocycles. The number of ether oxygens (including phenoxy) is 1. The Labute approximate surface area is 112 Å². The van der Waals surface area contributed by atoms with Crippen LogP contribution in [-0.2, 0) is 4.74 Å². The molecule has 0 aromatic carbocycles. The summed E-state index contributed by atoms with van der Waals surface area (Å²) in [6, 6.07) is 0. The van der Waals surface area contributed by atoms with E-state index in [1.165, 1.54) is 32.1 Å². The number of hydrogen-bond donors (Lipinski definition) is 1. The zero-order chi connectivity index (χ0) is 13.0. The molecule has 0 bridgehead atoms. The first kappa shape index (κ1) is 14.3. The molecule has 0 aliphatic carbocycles. The topological polar surface area (TPSA) is 32.7 Å². The van der Waals surface area contributed by atoms with Gasteiger partial charge in [-0.2, -0.15) is 0 Å². The molecule has 106 valence electrons. The average Bonchev–Trinajstić information content (AvgIpc) is 2.90. The lowest BCUT2D eigenvalue weighted by Crippen LogP contribution is -2.54. The fourth-order valence-corrected chi connectivity index (χ4v) is 3.25. The number of aliphatic hydroxyl groups is 1. The first-order chi connectivity index (χ1) is 8.60. The number of hydrogen-bond acceptors (Lipinski definition) is 3. The van der Waals surface area contributed by atoms with Crippen molar-refractivity contribution in [2.75, 3.05) is 19.7 Å². The van der Waals surface area contributed by atoms with Crippen molar-refractivity contribution < 1.29 is 9.84 Å². The molecule has 2 aliphatic heterocycles. The smallest absolute Gasteiger partial charge is 0.0719 e. The van der Waals surface area contributed by atoms with Crippen molar-refractivity contribution >= 4 is 0 Å². The number of nitrogens with zero attached hydrogens (tertiary/aromatic N) is 1. The Morgan fingerprint density at radius 3 is 2.56 bits per heavy atom. The van der Waals surface area contributed by atoms with Gasteiger partial charge in [0.25, 0.3) is 0 Å². The van der Waals surface area contributed by atoms with Crippen molar-refractivity contribution in [2.45, 2.75) is 76.5 Å². The second-order valence-electron chi connectivity index (χ2n) is 6.43. The van der Waals surface area contributed by atoms with Crippen LogP contribution in [0.3, 0.4) is 0 Å². The molecule has 1 N–H and O–H groups in total. The zero-order valence-corrected chi connectivity index (χ0v) is 12.0. The van der Waals surface area contributed by atoms with E-state index >= 15 is 0 Å². The minimum Gasteiger partial charge on any atom is -0.391 e. The molecular weight excluding hydrogens is 226 g/mol. The van der Waals surface area contributed by atoms with Crippen LogP contribution in [0.15, 0.2) is 0 Å². The van der Waals surface area contributed by atoms with E-state index in [2.05, 4.69) is 18.7 Å². The van der Waals surface area contributed by atoms with E-state index in [1.54, 1.807) is 0 Å². The van der Waals surface area contributed by atoms with Crippen LogP contribution >= 0.6 is 0 Å². The molecule has 2 unspecified atom stereocenters. The molecule has 18 heavy (non-hydrogen) atoms. The molecule has 0 amide bonds. The first-order valence-corrected chi connectivity index (χ1v) is 7.65. The summed E-state index contributed by atoms with van der Waals surface area (Å²) in [5, 5.41) is 10.5. The molecule has 2 rings (SSSR count). The summed E-state index contributed by atoms with van der Waals surface area (Å²) in [6.07, 6.45) is 8.32. The van der Waals surface area contributed by atoms with Gasteiger partial charge in [0, 0.05) is 12.1 Å². The van der Waals surface area contributed by atoms with Gasteiger partial charge in [0.15, 0.2) is 0 Å². The highest BCUT2D eigenvalue weighted by Gasteiger charge is 2.35. The third-order valence-electron chi connectivity index (χ3n) is 4.77. The lowest BCUT2D eigenvalue weighted by molar-refractivity contribution is -0.0302. The Hall–Kier alpha value is -0.120. The van der Waals surface area contributed by atoms with E-state index in [9.17, 15) is 5.11 Å². The Kier molecular flexibility index (Phi) is 5.05. The van der Waals surface area contributed by atoms with E-state index in [4.69, 9.17) is 4.74 Å². The second-order valence-corrected chi connectivity index (χ2v) is 6.43. The third-order valence-corrected chi connectivity index (χ3v) is 4.77. The lowest BCUT2D eigenvalue weighted by atomic mass is 9.88. The molecule has 2 atom stereocenters. The summed E-state index contributed by atoms with van der Waals surface area (Å²) in [4.78, 5) is 2.47. The van der Waals surface area contributed by atoms with Crippen LogP contribution in [-0.4, -0.2) is 47.4 Å². The molecule has 2 aliphatic rings. The van der Waals surface area contributed by atoms with Crippen LogP contribution in [0.5, 0.6) is 0 Å². The Balaban J connectivity index is 1.79. The molecule has 2 fully saturated rings. The van der Waals surface area contributed by atoms with E-state index < -0.39 is 0 Å². The van der Waals surface area contributed by atoms with E-state index in [1.807, 2.05) is 0 Å². The summed E-state index contributed by atoms with van der Waals surface area (Å²) in [5.74, 6) is 0. The molecule has 2 heterocycles. The Morgan fingerprint density at radius 1 is 1.22 bits per heavy atom. The number of rotatable bonds is 5. The lowest BCUT2D eigenvalue weighted by Gasteiger charge is -2.44. The van der Waals surface area contributed by atoms with Gasteiger partial charge in [-0.05, 0) is 65.5 Å². The molecule has 0 aromatic rings. The minimum atomic E-state index is -0.236. The van der Waals surface area contributed by atoms with Crippen molar-refractivity contribution in [1.29, 1.82) is 0 Å². The fourth-order valence-electron chi connectivity index (χ4n) is 3.25. The van der Waals surface area contributed by atoms with Gasteiger partial charge in [-0.3, -0.25) is 4.90 Å². The number of likely N-dealkylation sites (tertiary alicyclic amines) is 1. The van der Waals surface area contributed by atoms with Crippen LogP contribution in [0.1, 0.15) is 58.8 Å². The summed E-state index contributed by atoms with van der Waals surface area (Å²) in [6.45, 7) is 7.58. The second kappa shape index (κ2) is 6.36. The molecule has 0 radical (unpaired) electrons. The predicted molar refractivity (Wildman–Crippen MR) is 73.7 cm³/mol. The van der Waals surface area contributed by atoms with E-state index in [-0.39, 0.29) is 11.6 Å². The van der Waals surface area contributed by atoms with Crippen molar-refractivity contribution in [3.8, 4) is 0 Å². The maximum atomic E-state index is 10.5. The van der Waals surface area contributed by atoms with Crippen LogP contribution in [0.25, 0.3) is 0 Å². The molecule has 0 spiro atoms. The minimum absolute atomic E-state index is 0.0843. The van der Waals surface area contributed by atoms with Gasteiger partial charge < -0.3 is 9.84 Å². The SMILES string of the molecule is CC(C)(C(O)CCC1CCCO1)N1CCCCC1. The summed E-state index contributed by atoms with van der Waals surface area (Å²) in [7, 11) is 0. The highest BCUT2D eigenvalue weighted by molar-refractivity contribution is 4.90. The largest absolute Gasteiger partial charge is 0.391 e. The van der Waals surface area contributed by atoms with Crippen molar-refractivity contribution in [1.82, 2.24) is 4.90 Å². The third kappa shape index (κ3) is 3.46. The van der Waals surface area contributed by atoms with Crippen LogP contribution < -0.4 is 0 Å². The first-order valence-electron chi connectivity index (χ1n) is 7.65. The quantitative estimate of drug-likeness (QED) is 0.819. The maximum Gasteiger partial charge on any atom is 0.0719 e. The van der Waals surface area contributed by atoms with E-state index in [0.29, 0.717) is 6.10 Å². The highest BCUT2D eigenvalue weighted by Crippen LogP contribution is 2.27. The van der Waals surface area contributed by atoms with Gasteiger partial charge in [-0.15, -0.1) is 0 Å². The zero-order valence-electron chi connectivity index (χ0n) is 12.0. The van der Waals surface area contributed by atoms with Gasteiger partial charge in [0.05, 0.1) is 12.2 Å². The summed E-state index contributed by atoms with van der Waals surface area (Å²) in [5.41, 5.74) is -0.0843. The maximum absolute atomic E-state index is 10.5. The molecule has 0 aromatic heterocycles. The fraction of sp³-hybridized carbons (Fsp3) is 1.00. The summed E-state index contributed by atoms with van der Waals surface area (Å²) < 4.78 is 5.64. The van der Waals surface area contributed by atoms with Crippen LogP contribution in [0, 0.1) is 0 Å². The normalized spacial score (nSPS) is 28.5. The van der Waals surface area contributed by atoms with E-state index in [0.717, 1.165) is 32.5 Å². The highest BCUT2D eigenvalue weighted by atomic mass is 16.5. The molecule has 2 saturated heterocycles. The van der Waals surface area contributed by atoms with Gasteiger partial charge in [-0.25, -0.2) is 0 Å². The number of piperidine rings is 1. The Morgan fingerprint density at radius 2 is 1.94 bits per heavy atom. The van der Waals surface area contributed by atoms with Crippen LogP contribution in [0.2, 0.25) is 0 Å². The number of aliphatic hydroxyl groups excluding tert-OH is 1. The average molecular weight is 255 g/mol. The van der Waals surface area contributed by atoms with Gasteiger partial charge in [0.1, 0.15) is 0 Å². The molecular formula is C15H29NO2.